The summed E-state index contributed by atoms with van der Waals surface area (Å²) < 4.78 is 0. The molecule has 3 rings (SSSR count). The van der Waals surface area contributed by atoms with Crippen LogP contribution in [0.1, 0.15) is 32.3 Å². The van der Waals surface area contributed by atoms with Gasteiger partial charge in [0.2, 0.25) is 17.7 Å². The van der Waals surface area contributed by atoms with Crippen LogP contribution in [0.3, 0.4) is 0 Å². The molecule has 1 saturated heterocycles. The summed E-state index contributed by atoms with van der Waals surface area (Å²) in [6.45, 7) is 6.71. The Morgan fingerprint density at radius 1 is 1.30 bits per heavy atom. The highest BCUT2D eigenvalue weighted by atomic mass is 35.5. The van der Waals surface area contributed by atoms with E-state index in [1.54, 1.807) is 21.9 Å². The highest BCUT2D eigenvalue weighted by molar-refractivity contribution is 6.31. The van der Waals surface area contributed by atoms with Crippen LogP contribution in [0.15, 0.2) is 18.2 Å². The van der Waals surface area contributed by atoms with Gasteiger partial charge in [0.05, 0.1) is 6.54 Å². The predicted molar refractivity (Wildman–Crippen MR) is 104 cm³/mol. The van der Waals surface area contributed by atoms with Gasteiger partial charge in [-0.15, -0.1) is 0 Å². The number of anilines is 1. The van der Waals surface area contributed by atoms with Crippen LogP contribution < -0.4 is 4.90 Å². The molecule has 1 heterocycles. The van der Waals surface area contributed by atoms with E-state index in [4.69, 9.17) is 11.6 Å². The van der Waals surface area contributed by atoms with Crippen LogP contribution in [-0.2, 0) is 14.4 Å². The number of nitrogens with zero attached hydrogens (tertiary/aromatic N) is 3. The zero-order valence-corrected chi connectivity index (χ0v) is 16.8. The lowest BCUT2D eigenvalue weighted by molar-refractivity contribution is -0.141. The van der Waals surface area contributed by atoms with Crippen LogP contribution in [0.5, 0.6) is 0 Å². The Kier molecular flexibility index (Phi) is 5.75. The third kappa shape index (κ3) is 4.43. The molecule has 3 amide bonds. The third-order valence-electron chi connectivity index (χ3n) is 4.97. The second kappa shape index (κ2) is 7.89. The van der Waals surface area contributed by atoms with Gasteiger partial charge in [-0.25, -0.2) is 0 Å². The fourth-order valence-electron chi connectivity index (χ4n) is 3.34. The normalized spacial score (nSPS) is 17.0. The first kappa shape index (κ1) is 19.7. The molecule has 0 bridgehead atoms. The molecule has 0 unspecified atom stereocenters. The van der Waals surface area contributed by atoms with Crippen molar-refractivity contribution in [3.63, 3.8) is 0 Å². The fraction of sp³-hybridized carbons (Fsp3) is 0.550. The number of carbonyl (C=O) groups is 3. The van der Waals surface area contributed by atoms with Gasteiger partial charge >= 0.3 is 0 Å². The first-order chi connectivity index (χ1) is 12.8. The van der Waals surface area contributed by atoms with Gasteiger partial charge in [0.25, 0.3) is 0 Å². The van der Waals surface area contributed by atoms with Crippen molar-refractivity contribution in [3.8, 4) is 0 Å². The number of hydrogen-bond acceptors (Lipinski definition) is 3. The molecule has 7 heteroatoms. The molecule has 0 radical (unpaired) electrons. The number of benzene rings is 1. The van der Waals surface area contributed by atoms with Crippen molar-refractivity contribution in [2.75, 3.05) is 31.2 Å². The molecule has 6 nitrogen and oxygen atoms in total. The zero-order chi connectivity index (χ0) is 19.7. The summed E-state index contributed by atoms with van der Waals surface area (Å²) in [4.78, 5) is 42.5. The Bertz CT molecular complexity index is 761. The quantitative estimate of drug-likeness (QED) is 0.749. The number of carbonyl (C=O) groups excluding carboxylic acids is 3. The van der Waals surface area contributed by atoms with Gasteiger partial charge in [0, 0.05) is 23.2 Å². The topological polar surface area (TPSA) is 60.9 Å². The molecule has 0 aromatic heterocycles. The smallest absolute Gasteiger partial charge is 0.248 e. The first-order valence-electron chi connectivity index (χ1n) is 9.40. The summed E-state index contributed by atoms with van der Waals surface area (Å²) >= 11 is 6.16. The molecule has 27 heavy (non-hydrogen) atoms. The van der Waals surface area contributed by atoms with E-state index in [1.807, 2.05) is 26.8 Å². The standard InChI is InChI=1S/C20H26ClN3O3/c1-13(2)9-22(20(27)15-7-8-15)10-18(25)23-11-19(26)24(12-23)17-6-4-5-16(21)14(17)3/h4-6,13,15H,7-12H2,1-3H3. The van der Waals surface area contributed by atoms with Crippen molar-refractivity contribution in [1.29, 1.82) is 0 Å². The number of halogens is 1. The lowest BCUT2D eigenvalue weighted by Gasteiger charge is -2.26. The molecule has 2 aliphatic rings. The molecular formula is C20H26ClN3O3. The number of amides is 3. The van der Waals surface area contributed by atoms with Gasteiger partial charge < -0.3 is 9.80 Å². The van der Waals surface area contributed by atoms with Crippen molar-refractivity contribution >= 4 is 35.0 Å². The van der Waals surface area contributed by atoms with Crippen LogP contribution >= 0.6 is 11.6 Å². The molecule has 146 valence electrons. The van der Waals surface area contributed by atoms with Crippen LogP contribution in [0.2, 0.25) is 5.02 Å². The van der Waals surface area contributed by atoms with Crippen molar-refractivity contribution in [2.24, 2.45) is 11.8 Å². The van der Waals surface area contributed by atoms with Gasteiger partial charge in [-0.05, 0) is 43.4 Å². The average Bonchev–Trinajstić information content (AvgIpc) is 3.38. The Balaban J connectivity index is 1.69. The van der Waals surface area contributed by atoms with Crippen LogP contribution in [-0.4, -0.2) is 53.8 Å². The minimum Gasteiger partial charge on any atom is -0.333 e. The third-order valence-corrected chi connectivity index (χ3v) is 5.38. The van der Waals surface area contributed by atoms with E-state index in [9.17, 15) is 14.4 Å². The molecule has 1 aromatic rings. The Morgan fingerprint density at radius 2 is 2.00 bits per heavy atom. The highest BCUT2D eigenvalue weighted by Crippen LogP contribution is 2.32. The second-order valence-electron chi connectivity index (χ2n) is 7.83. The monoisotopic (exact) mass is 391 g/mol. The first-order valence-corrected chi connectivity index (χ1v) is 9.77. The molecule has 1 saturated carbocycles. The zero-order valence-electron chi connectivity index (χ0n) is 16.1. The van der Waals surface area contributed by atoms with Crippen molar-refractivity contribution in [1.82, 2.24) is 9.80 Å². The summed E-state index contributed by atoms with van der Waals surface area (Å²) in [5, 5.41) is 0.586. The minimum absolute atomic E-state index is 0.0257. The average molecular weight is 392 g/mol. The minimum atomic E-state index is -0.194. The van der Waals surface area contributed by atoms with E-state index in [0.29, 0.717) is 11.6 Å². The van der Waals surface area contributed by atoms with E-state index in [2.05, 4.69) is 0 Å². The van der Waals surface area contributed by atoms with Gasteiger partial charge in [-0.1, -0.05) is 31.5 Å². The van der Waals surface area contributed by atoms with E-state index in [1.165, 1.54) is 4.90 Å². The highest BCUT2D eigenvalue weighted by Gasteiger charge is 2.37. The molecule has 0 spiro atoms. The number of hydrogen-bond donors (Lipinski definition) is 0. The largest absolute Gasteiger partial charge is 0.333 e. The van der Waals surface area contributed by atoms with Gasteiger partial charge in [-0.2, -0.15) is 0 Å². The van der Waals surface area contributed by atoms with E-state index in [-0.39, 0.29) is 49.3 Å². The van der Waals surface area contributed by atoms with Crippen molar-refractivity contribution in [3.05, 3.63) is 28.8 Å². The molecule has 1 aliphatic carbocycles. The molecule has 1 aromatic carbocycles. The SMILES string of the molecule is Cc1c(Cl)cccc1N1CN(C(=O)CN(CC(C)C)C(=O)C2CC2)CC1=O. The molecule has 0 N–H and O–H groups in total. The maximum Gasteiger partial charge on any atom is 0.248 e. The summed E-state index contributed by atoms with van der Waals surface area (Å²) in [7, 11) is 0. The number of rotatable bonds is 6. The maximum absolute atomic E-state index is 12.8. The van der Waals surface area contributed by atoms with Crippen molar-refractivity contribution < 1.29 is 14.4 Å². The van der Waals surface area contributed by atoms with Crippen LogP contribution in [0, 0.1) is 18.8 Å². The van der Waals surface area contributed by atoms with Crippen LogP contribution in [0.4, 0.5) is 5.69 Å². The fourth-order valence-corrected chi connectivity index (χ4v) is 3.51. The molecule has 0 atom stereocenters. The summed E-state index contributed by atoms with van der Waals surface area (Å²) in [5.41, 5.74) is 1.53. The van der Waals surface area contributed by atoms with E-state index in [0.717, 1.165) is 24.1 Å². The molecular weight excluding hydrogens is 366 g/mol. The van der Waals surface area contributed by atoms with E-state index >= 15 is 0 Å². The Labute approximate surface area is 165 Å². The van der Waals surface area contributed by atoms with Crippen molar-refractivity contribution in [2.45, 2.75) is 33.6 Å². The maximum atomic E-state index is 12.8. The Hall–Kier alpha value is -2.08. The van der Waals surface area contributed by atoms with E-state index < -0.39 is 0 Å². The molecule has 1 aliphatic heterocycles. The summed E-state index contributed by atoms with van der Waals surface area (Å²) in [6, 6.07) is 5.40. The van der Waals surface area contributed by atoms with Gasteiger partial charge in [-0.3, -0.25) is 19.3 Å². The predicted octanol–water partition coefficient (Wildman–Crippen LogP) is 2.68. The summed E-state index contributed by atoms with van der Waals surface area (Å²) in [5.74, 6) is 0.0802. The second-order valence-corrected chi connectivity index (χ2v) is 8.23. The lowest BCUT2D eigenvalue weighted by atomic mass is 10.2. The Morgan fingerprint density at radius 3 is 2.63 bits per heavy atom. The molecule has 2 fully saturated rings. The van der Waals surface area contributed by atoms with Gasteiger partial charge in [0.15, 0.2) is 0 Å². The lowest BCUT2D eigenvalue weighted by Crippen LogP contribution is -2.44. The van der Waals surface area contributed by atoms with Crippen LogP contribution in [0.25, 0.3) is 0 Å². The van der Waals surface area contributed by atoms with Gasteiger partial charge in [0.1, 0.15) is 13.2 Å². The summed E-state index contributed by atoms with van der Waals surface area (Å²) in [6.07, 6.45) is 1.82.